The molecule has 0 saturated carbocycles. The first-order valence-corrected chi connectivity index (χ1v) is 8.08. The molecule has 0 aliphatic heterocycles. The van der Waals surface area contributed by atoms with Crippen LogP contribution in [0, 0.1) is 0 Å². The molecule has 1 atom stereocenters. The number of nitrogens with one attached hydrogen (secondary N) is 1. The zero-order chi connectivity index (χ0) is 18.4. The second-order valence-corrected chi connectivity index (χ2v) is 5.60. The molecule has 3 N–H and O–H groups in total. The van der Waals surface area contributed by atoms with Crippen LogP contribution in [0.1, 0.15) is 24.1 Å². The minimum atomic E-state index is -0.134. The molecule has 0 fully saturated rings. The van der Waals surface area contributed by atoms with Gasteiger partial charge in [-0.25, -0.2) is 0 Å². The van der Waals surface area contributed by atoms with Gasteiger partial charge in [-0.2, -0.15) is 0 Å². The molecule has 2 aromatic rings. The van der Waals surface area contributed by atoms with E-state index in [1.54, 1.807) is 33.5 Å². The molecule has 0 aliphatic carbocycles. The average molecular weight is 347 g/mol. The van der Waals surface area contributed by atoms with Gasteiger partial charge in [0.25, 0.3) is 0 Å². The molecule has 6 nitrogen and oxygen atoms in total. The number of phenolic OH excluding ortho intramolecular Hbond substituents is 2. The fraction of sp³-hybridized carbons (Fsp3) is 0.368. The van der Waals surface area contributed by atoms with Gasteiger partial charge in [-0.15, -0.1) is 0 Å². The van der Waals surface area contributed by atoms with E-state index in [1.807, 2.05) is 19.1 Å². The van der Waals surface area contributed by atoms with Crippen molar-refractivity contribution in [3.63, 3.8) is 0 Å². The first-order valence-electron chi connectivity index (χ1n) is 8.08. The number of phenols is 2. The van der Waals surface area contributed by atoms with Gasteiger partial charge in [0.05, 0.1) is 21.3 Å². The SMILES string of the molecule is CCN[C@@H](Cc1cc(OC)c(OC)c(OC)c1)c1ccc(O)c(O)c1. The summed E-state index contributed by atoms with van der Waals surface area (Å²) in [6.45, 7) is 2.78. The zero-order valence-corrected chi connectivity index (χ0v) is 15.0. The highest BCUT2D eigenvalue weighted by molar-refractivity contribution is 5.54. The van der Waals surface area contributed by atoms with Crippen LogP contribution in [-0.2, 0) is 6.42 Å². The quantitative estimate of drug-likeness (QED) is 0.637. The Bertz CT molecular complexity index is 692. The lowest BCUT2D eigenvalue weighted by atomic mass is 9.97. The fourth-order valence-corrected chi connectivity index (χ4v) is 2.80. The van der Waals surface area contributed by atoms with Crippen LogP contribution in [0.15, 0.2) is 30.3 Å². The molecule has 2 aromatic carbocycles. The summed E-state index contributed by atoms with van der Waals surface area (Å²) in [5, 5.41) is 22.7. The van der Waals surface area contributed by atoms with Crippen LogP contribution < -0.4 is 19.5 Å². The van der Waals surface area contributed by atoms with Crippen LogP contribution in [0.3, 0.4) is 0 Å². The topological polar surface area (TPSA) is 80.2 Å². The number of hydrogen-bond acceptors (Lipinski definition) is 6. The highest BCUT2D eigenvalue weighted by Gasteiger charge is 2.18. The maximum absolute atomic E-state index is 9.78. The van der Waals surface area contributed by atoms with Crippen molar-refractivity contribution < 1.29 is 24.4 Å². The van der Waals surface area contributed by atoms with Gasteiger partial charge >= 0.3 is 0 Å². The maximum Gasteiger partial charge on any atom is 0.203 e. The molecule has 6 heteroatoms. The molecule has 0 radical (unpaired) electrons. The number of ether oxygens (including phenoxy) is 3. The lowest BCUT2D eigenvalue weighted by molar-refractivity contribution is 0.323. The molecule has 136 valence electrons. The molecule has 0 unspecified atom stereocenters. The van der Waals surface area contributed by atoms with Crippen LogP contribution in [0.4, 0.5) is 0 Å². The summed E-state index contributed by atoms with van der Waals surface area (Å²) in [5.74, 6) is 1.48. The number of benzene rings is 2. The van der Waals surface area contributed by atoms with Crippen molar-refractivity contribution in [2.24, 2.45) is 0 Å². The monoisotopic (exact) mass is 347 g/mol. The van der Waals surface area contributed by atoms with Crippen molar-refractivity contribution in [2.75, 3.05) is 27.9 Å². The van der Waals surface area contributed by atoms with Crippen molar-refractivity contribution in [1.82, 2.24) is 5.32 Å². The molecule has 25 heavy (non-hydrogen) atoms. The van der Waals surface area contributed by atoms with Gasteiger partial charge in [0.1, 0.15) is 0 Å². The molecule has 0 bridgehead atoms. The Hall–Kier alpha value is -2.60. The van der Waals surface area contributed by atoms with E-state index < -0.39 is 0 Å². The van der Waals surface area contributed by atoms with Crippen LogP contribution in [0.2, 0.25) is 0 Å². The van der Waals surface area contributed by atoms with E-state index in [0.29, 0.717) is 23.7 Å². The smallest absolute Gasteiger partial charge is 0.203 e. The average Bonchev–Trinajstić information content (AvgIpc) is 2.62. The van der Waals surface area contributed by atoms with Crippen molar-refractivity contribution in [3.05, 3.63) is 41.5 Å². The standard InChI is InChI=1S/C19H25NO5/c1-5-20-14(13-6-7-15(21)16(22)11-13)8-12-9-17(23-2)19(25-4)18(10-12)24-3/h6-7,9-11,14,20-22H,5,8H2,1-4H3/t14-/m0/s1. The van der Waals surface area contributed by atoms with Gasteiger partial charge in [-0.1, -0.05) is 13.0 Å². The Balaban J connectivity index is 2.37. The number of methoxy groups -OCH3 is 3. The van der Waals surface area contributed by atoms with Gasteiger partial charge < -0.3 is 29.7 Å². The minimum absolute atomic E-state index is 0.0423. The molecule has 0 amide bonds. The summed E-state index contributed by atoms with van der Waals surface area (Å²) in [6.07, 6.45) is 0.648. The van der Waals surface area contributed by atoms with E-state index in [4.69, 9.17) is 14.2 Å². The highest BCUT2D eigenvalue weighted by Crippen LogP contribution is 2.39. The Morgan fingerprint density at radius 3 is 2.04 bits per heavy atom. The number of hydrogen-bond donors (Lipinski definition) is 3. The van der Waals surface area contributed by atoms with Crippen molar-refractivity contribution in [3.8, 4) is 28.7 Å². The lowest BCUT2D eigenvalue weighted by Crippen LogP contribution is -2.23. The van der Waals surface area contributed by atoms with Crippen LogP contribution in [0.5, 0.6) is 28.7 Å². The summed E-state index contributed by atoms with van der Waals surface area (Å²) in [5.41, 5.74) is 1.87. The summed E-state index contributed by atoms with van der Waals surface area (Å²) in [6, 6.07) is 8.63. The first kappa shape index (κ1) is 18.7. The molecule has 0 spiro atoms. The Kier molecular flexibility index (Phi) is 6.36. The molecule has 0 aliphatic rings. The molecule has 0 heterocycles. The van der Waals surface area contributed by atoms with Crippen molar-refractivity contribution in [2.45, 2.75) is 19.4 Å². The highest BCUT2D eigenvalue weighted by atomic mass is 16.5. The molecule has 2 rings (SSSR count). The van der Waals surface area contributed by atoms with Gasteiger partial charge in [-0.3, -0.25) is 0 Å². The summed E-state index contributed by atoms with van der Waals surface area (Å²) in [7, 11) is 4.74. The van der Waals surface area contributed by atoms with E-state index in [-0.39, 0.29) is 17.5 Å². The zero-order valence-electron chi connectivity index (χ0n) is 15.0. The van der Waals surface area contributed by atoms with Crippen LogP contribution in [0.25, 0.3) is 0 Å². The third-order valence-corrected chi connectivity index (χ3v) is 4.02. The third-order valence-electron chi connectivity index (χ3n) is 4.02. The summed E-state index contributed by atoms with van der Waals surface area (Å²) < 4.78 is 16.2. The predicted molar refractivity (Wildman–Crippen MR) is 96.0 cm³/mol. The maximum atomic E-state index is 9.78. The van der Waals surface area contributed by atoms with E-state index in [9.17, 15) is 10.2 Å². The van der Waals surface area contributed by atoms with Crippen molar-refractivity contribution >= 4 is 0 Å². The van der Waals surface area contributed by atoms with Gasteiger partial charge in [0, 0.05) is 6.04 Å². The van der Waals surface area contributed by atoms with E-state index in [2.05, 4.69) is 5.32 Å². The molecule has 0 saturated heterocycles. The predicted octanol–water partition coefficient (Wildman–Crippen LogP) is 3.02. The van der Waals surface area contributed by atoms with E-state index in [1.165, 1.54) is 6.07 Å². The first-order chi connectivity index (χ1) is 12.0. The second kappa shape index (κ2) is 8.48. The third kappa shape index (κ3) is 4.28. The van der Waals surface area contributed by atoms with Gasteiger partial charge in [0.15, 0.2) is 23.0 Å². The molecular weight excluding hydrogens is 322 g/mol. The van der Waals surface area contributed by atoms with Crippen LogP contribution in [-0.4, -0.2) is 38.1 Å². The minimum Gasteiger partial charge on any atom is -0.504 e. The van der Waals surface area contributed by atoms with Crippen LogP contribution >= 0.6 is 0 Å². The van der Waals surface area contributed by atoms with Gasteiger partial charge in [0.2, 0.25) is 5.75 Å². The largest absolute Gasteiger partial charge is 0.504 e. The summed E-state index contributed by atoms with van der Waals surface area (Å²) in [4.78, 5) is 0. The number of likely N-dealkylation sites (N-methyl/N-ethyl adjacent to an activating group) is 1. The van der Waals surface area contributed by atoms with Crippen molar-refractivity contribution in [1.29, 1.82) is 0 Å². The second-order valence-electron chi connectivity index (χ2n) is 5.60. The normalized spacial score (nSPS) is 11.8. The fourth-order valence-electron chi connectivity index (χ4n) is 2.80. The van der Waals surface area contributed by atoms with E-state index >= 15 is 0 Å². The Morgan fingerprint density at radius 2 is 1.56 bits per heavy atom. The number of aromatic hydroxyl groups is 2. The van der Waals surface area contributed by atoms with Gasteiger partial charge in [-0.05, 0) is 48.4 Å². The Morgan fingerprint density at radius 1 is 0.920 bits per heavy atom. The number of rotatable bonds is 8. The summed E-state index contributed by atoms with van der Waals surface area (Å²) >= 11 is 0. The Labute approximate surface area is 148 Å². The molecule has 0 aromatic heterocycles. The molecular formula is C19H25NO5. The van der Waals surface area contributed by atoms with E-state index in [0.717, 1.165) is 17.7 Å². The lowest BCUT2D eigenvalue weighted by Gasteiger charge is -2.20.